The van der Waals surface area contributed by atoms with Gasteiger partial charge in [0.25, 0.3) is 0 Å². The lowest BCUT2D eigenvalue weighted by Gasteiger charge is -2.19. The van der Waals surface area contributed by atoms with E-state index >= 15 is 0 Å². The van der Waals surface area contributed by atoms with E-state index in [0.29, 0.717) is 6.04 Å². The fourth-order valence-electron chi connectivity index (χ4n) is 2.41. The van der Waals surface area contributed by atoms with Crippen LogP contribution in [0.1, 0.15) is 36.9 Å². The molecule has 1 aromatic heterocycles. The van der Waals surface area contributed by atoms with Gasteiger partial charge in [0.15, 0.2) is 0 Å². The zero-order valence-electron chi connectivity index (χ0n) is 12.9. The van der Waals surface area contributed by atoms with E-state index < -0.39 is 0 Å². The van der Waals surface area contributed by atoms with Gasteiger partial charge in [0.2, 0.25) is 0 Å². The Balaban J connectivity index is 2.01. The smallest absolute Gasteiger partial charge is 0.137 e. The van der Waals surface area contributed by atoms with Crippen molar-refractivity contribution in [1.82, 2.24) is 10.3 Å². The number of rotatable bonds is 8. The molecule has 1 unspecified atom stereocenters. The van der Waals surface area contributed by atoms with E-state index in [2.05, 4.69) is 53.6 Å². The van der Waals surface area contributed by atoms with E-state index in [1.165, 1.54) is 11.1 Å². The maximum Gasteiger partial charge on any atom is 0.137 e. The van der Waals surface area contributed by atoms with Crippen molar-refractivity contribution in [3.63, 3.8) is 0 Å². The molecule has 0 aliphatic heterocycles. The zero-order valence-corrected chi connectivity index (χ0v) is 12.9. The maximum absolute atomic E-state index is 5.23. The summed E-state index contributed by atoms with van der Waals surface area (Å²) in [5, 5.41) is 3.63. The van der Waals surface area contributed by atoms with Gasteiger partial charge in [0, 0.05) is 12.2 Å². The van der Waals surface area contributed by atoms with Crippen LogP contribution in [0.5, 0.6) is 5.75 Å². The summed E-state index contributed by atoms with van der Waals surface area (Å²) >= 11 is 0. The Bertz CT molecular complexity index is 528. The van der Waals surface area contributed by atoms with Gasteiger partial charge in [-0.3, -0.25) is 4.98 Å². The lowest BCUT2D eigenvalue weighted by atomic mass is 9.99. The Morgan fingerprint density at radius 2 is 2.00 bits per heavy atom. The molecule has 0 aliphatic rings. The summed E-state index contributed by atoms with van der Waals surface area (Å²) in [6.07, 6.45) is 6.85. The largest absolute Gasteiger partial charge is 0.495 e. The van der Waals surface area contributed by atoms with Crippen molar-refractivity contribution in [2.24, 2.45) is 0 Å². The molecule has 0 amide bonds. The van der Waals surface area contributed by atoms with Crippen LogP contribution in [-0.2, 0) is 6.42 Å². The number of pyridine rings is 1. The minimum atomic E-state index is 0.386. The highest BCUT2D eigenvalue weighted by molar-refractivity contribution is 5.24. The number of hydrogen-bond acceptors (Lipinski definition) is 3. The number of methoxy groups -OCH3 is 1. The van der Waals surface area contributed by atoms with Gasteiger partial charge in [-0.1, -0.05) is 37.3 Å². The van der Waals surface area contributed by atoms with E-state index in [0.717, 1.165) is 31.6 Å². The molecule has 3 nitrogen and oxygen atoms in total. The van der Waals surface area contributed by atoms with E-state index in [9.17, 15) is 0 Å². The van der Waals surface area contributed by atoms with Crippen LogP contribution >= 0.6 is 0 Å². The maximum atomic E-state index is 5.23. The van der Waals surface area contributed by atoms with Crippen LogP contribution in [0.4, 0.5) is 0 Å². The Kier molecular flexibility index (Phi) is 6.22. The molecule has 1 N–H and O–H groups in total. The molecule has 1 atom stereocenters. The van der Waals surface area contributed by atoms with Crippen LogP contribution in [0.25, 0.3) is 0 Å². The normalized spacial score (nSPS) is 12.1. The van der Waals surface area contributed by atoms with Crippen molar-refractivity contribution in [2.75, 3.05) is 13.7 Å². The number of hydrogen-bond donors (Lipinski definition) is 1. The third-order valence-corrected chi connectivity index (χ3v) is 3.57. The second kappa shape index (κ2) is 8.42. The summed E-state index contributed by atoms with van der Waals surface area (Å²) in [7, 11) is 1.68. The van der Waals surface area contributed by atoms with Gasteiger partial charge in [0.1, 0.15) is 5.75 Å². The van der Waals surface area contributed by atoms with E-state index in [1.807, 2.05) is 6.20 Å². The summed E-state index contributed by atoms with van der Waals surface area (Å²) < 4.78 is 5.23. The second-order valence-electron chi connectivity index (χ2n) is 5.19. The first kappa shape index (κ1) is 15.5. The third-order valence-electron chi connectivity index (χ3n) is 3.57. The zero-order chi connectivity index (χ0) is 14.9. The van der Waals surface area contributed by atoms with Gasteiger partial charge in [-0.25, -0.2) is 0 Å². The molecule has 1 heterocycles. The number of nitrogens with zero attached hydrogens (tertiary/aromatic N) is 1. The molecular weight excluding hydrogens is 260 g/mol. The van der Waals surface area contributed by atoms with Crippen LogP contribution in [0.3, 0.4) is 0 Å². The number of aryl methyl sites for hydroxylation is 1. The molecular formula is C18H24N2O. The van der Waals surface area contributed by atoms with Gasteiger partial charge in [-0.05, 0) is 43.0 Å². The number of ether oxygens (including phenoxy) is 1. The molecule has 0 spiro atoms. The minimum absolute atomic E-state index is 0.386. The van der Waals surface area contributed by atoms with Crippen molar-refractivity contribution in [3.05, 3.63) is 59.9 Å². The highest BCUT2D eigenvalue weighted by atomic mass is 16.5. The van der Waals surface area contributed by atoms with Crippen molar-refractivity contribution in [3.8, 4) is 5.75 Å². The van der Waals surface area contributed by atoms with E-state index in [-0.39, 0.29) is 0 Å². The van der Waals surface area contributed by atoms with Gasteiger partial charge in [-0.2, -0.15) is 0 Å². The second-order valence-corrected chi connectivity index (χ2v) is 5.19. The highest BCUT2D eigenvalue weighted by Crippen LogP contribution is 2.20. The fourth-order valence-corrected chi connectivity index (χ4v) is 2.41. The summed E-state index contributed by atoms with van der Waals surface area (Å²) in [5.74, 6) is 0.824. The summed E-state index contributed by atoms with van der Waals surface area (Å²) in [6, 6.07) is 13.1. The van der Waals surface area contributed by atoms with E-state index in [1.54, 1.807) is 13.3 Å². The monoisotopic (exact) mass is 284 g/mol. The molecule has 0 aliphatic carbocycles. The molecule has 2 aromatic rings. The summed E-state index contributed by atoms with van der Waals surface area (Å²) in [6.45, 7) is 3.23. The average molecular weight is 284 g/mol. The molecule has 1 aromatic carbocycles. The minimum Gasteiger partial charge on any atom is -0.495 e. The lowest BCUT2D eigenvalue weighted by Crippen LogP contribution is -2.22. The van der Waals surface area contributed by atoms with Crippen LogP contribution in [-0.4, -0.2) is 18.6 Å². The van der Waals surface area contributed by atoms with Gasteiger partial charge >= 0.3 is 0 Å². The molecule has 0 radical (unpaired) electrons. The molecule has 21 heavy (non-hydrogen) atoms. The van der Waals surface area contributed by atoms with Crippen molar-refractivity contribution in [1.29, 1.82) is 0 Å². The molecule has 0 bridgehead atoms. The van der Waals surface area contributed by atoms with Crippen molar-refractivity contribution >= 4 is 0 Å². The Labute approximate surface area is 127 Å². The fraction of sp³-hybridized carbons (Fsp3) is 0.389. The third kappa shape index (κ3) is 4.87. The molecule has 3 heteroatoms. The van der Waals surface area contributed by atoms with Gasteiger partial charge < -0.3 is 10.1 Å². The van der Waals surface area contributed by atoms with Crippen molar-refractivity contribution < 1.29 is 4.74 Å². The Morgan fingerprint density at radius 1 is 1.19 bits per heavy atom. The van der Waals surface area contributed by atoms with Crippen LogP contribution in [0.15, 0.2) is 48.8 Å². The van der Waals surface area contributed by atoms with Crippen molar-refractivity contribution in [2.45, 2.75) is 32.2 Å². The number of benzene rings is 1. The molecule has 0 saturated carbocycles. The first-order valence-corrected chi connectivity index (χ1v) is 7.59. The standard InChI is InChI=1S/C18H24N2O/c1-3-11-20-18(16-7-5-4-6-8-16)10-9-15-12-17(21-2)14-19-13-15/h4-8,12-14,18,20H,3,9-11H2,1-2H3. The molecule has 2 rings (SSSR count). The van der Waals surface area contributed by atoms with Crippen LogP contribution in [0, 0.1) is 0 Å². The van der Waals surface area contributed by atoms with E-state index in [4.69, 9.17) is 4.74 Å². The highest BCUT2D eigenvalue weighted by Gasteiger charge is 2.10. The number of aromatic nitrogens is 1. The van der Waals surface area contributed by atoms with Crippen LogP contribution < -0.4 is 10.1 Å². The first-order chi connectivity index (χ1) is 10.3. The molecule has 0 saturated heterocycles. The van der Waals surface area contributed by atoms with Crippen LogP contribution in [0.2, 0.25) is 0 Å². The predicted molar refractivity (Wildman–Crippen MR) is 86.6 cm³/mol. The van der Waals surface area contributed by atoms with Gasteiger partial charge in [0.05, 0.1) is 13.3 Å². The topological polar surface area (TPSA) is 34.2 Å². The molecule has 0 fully saturated rings. The first-order valence-electron chi connectivity index (χ1n) is 7.59. The SMILES string of the molecule is CCCNC(CCc1cncc(OC)c1)c1ccccc1. The Morgan fingerprint density at radius 3 is 2.71 bits per heavy atom. The quantitative estimate of drug-likeness (QED) is 0.801. The lowest BCUT2D eigenvalue weighted by molar-refractivity contribution is 0.412. The van der Waals surface area contributed by atoms with Gasteiger partial charge in [-0.15, -0.1) is 0 Å². The summed E-state index contributed by atoms with van der Waals surface area (Å²) in [4.78, 5) is 4.22. The predicted octanol–water partition coefficient (Wildman–Crippen LogP) is 3.76. The number of nitrogens with one attached hydrogen (secondary N) is 1. The summed E-state index contributed by atoms with van der Waals surface area (Å²) in [5.41, 5.74) is 2.57. The Hall–Kier alpha value is -1.87. The molecule has 112 valence electrons. The average Bonchev–Trinajstić information content (AvgIpc) is 2.56.